The molecule has 0 saturated heterocycles. The number of halogens is 2. The number of fused-ring (bicyclic) bond motifs is 2. The maximum Gasteiger partial charge on any atom is -0.0512 e. The monoisotopic (exact) mass is 440 g/mol. The van der Waals surface area contributed by atoms with Crippen LogP contribution in [-0.2, 0) is 44.6 Å². The zero-order valence-corrected chi connectivity index (χ0v) is 18.8. The van der Waals surface area contributed by atoms with Crippen LogP contribution in [0.1, 0.15) is 61.8 Å². The van der Waals surface area contributed by atoms with Crippen molar-refractivity contribution < 1.29 is 18.9 Å². The van der Waals surface area contributed by atoms with E-state index in [1.54, 1.807) is 22.3 Å². The van der Waals surface area contributed by atoms with Gasteiger partial charge in [0.15, 0.2) is 0 Å². The summed E-state index contributed by atoms with van der Waals surface area (Å²) in [5.41, 5.74) is 6.39. The zero-order valence-electron chi connectivity index (χ0n) is 14.9. The van der Waals surface area contributed by atoms with E-state index in [4.69, 9.17) is 17.0 Å². The van der Waals surface area contributed by atoms with Crippen LogP contribution in [-0.4, -0.2) is 3.21 Å². The maximum atomic E-state index is 5.54. The summed E-state index contributed by atoms with van der Waals surface area (Å²) in [5, 5.41) is 0. The Morgan fingerprint density at radius 3 is 1.50 bits per heavy atom. The van der Waals surface area contributed by atoms with Gasteiger partial charge in [0.05, 0.1) is 0 Å². The van der Waals surface area contributed by atoms with Crippen LogP contribution in [0, 0.1) is 0 Å². The van der Waals surface area contributed by atoms with E-state index in [2.05, 4.69) is 36.4 Å². The van der Waals surface area contributed by atoms with Gasteiger partial charge in [0.25, 0.3) is 0 Å². The molecule has 0 spiro atoms. The number of aryl methyl sites for hydroxylation is 4. The van der Waals surface area contributed by atoms with Crippen LogP contribution in [0.2, 0.25) is 0 Å². The average Bonchev–Trinajstić information content (AvgIpc) is 3.24. The summed E-state index contributed by atoms with van der Waals surface area (Å²) >= 11 is -1.84. The Morgan fingerprint density at radius 1 is 0.792 bits per heavy atom. The van der Waals surface area contributed by atoms with Crippen molar-refractivity contribution in [2.24, 2.45) is 0 Å². The molecule has 0 radical (unpaired) electrons. The molecule has 4 rings (SSSR count). The molecule has 0 bridgehead atoms. The second-order valence-electron chi connectivity index (χ2n) is 6.83. The molecule has 24 heavy (non-hydrogen) atoms. The first-order valence-corrected chi connectivity index (χ1v) is 16.6. The van der Waals surface area contributed by atoms with Crippen LogP contribution in [0.5, 0.6) is 0 Å². The van der Waals surface area contributed by atoms with E-state index in [-0.39, 0.29) is 0 Å². The van der Waals surface area contributed by atoms with Crippen LogP contribution in [0.4, 0.5) is 0 Å². The van der Waals surface area contributed by atoms with Crippen molar-refractivity contribution in [3.8, 4) is 0 Å². The largest absolute Gasteiger partial charge is 0.210 e. The van der Waals surface area contributed by atoms with Gasteiger partial charge in [-0.05, 0) is 0 Å². The third-order valence-corrected chi connectivity index (χ3v) is 11.0. The number of rotatable bonds is 0. The molecular formula is C21H28Cl2Zr-2. The van der Waals surface area contributed by atoms with Crippen LogP contribution < -0.4 is 0 Å². The first kappa shape index (κ1) is 20.3. The molecule has 2 aromatic rings. The molecule has 0 unspecified atom stereocenters. The van der Waals surface area contributed by atoms with Crippen molar-refractivity contribution in [2.45, 2.75) is 65.2 Å². The molecule has 3 heteroatoms. The molecule has 0 atom stereocenters. The Labute approximate surface area is 162 Å². The third kappa shape index (κ3) is 6.74. The molecule has 0 aliphatic heterocycles. The van der Waals surface area contributed by atoms with Crippen molar-refractivity contribution in [1.29, 1.82) is 0 Å². The fraction of sp³-hybridized carbons (Fsp3) is 0.476. The minimum absolute atomic E-state index is 1.24. The normalized spacial score (nSPS) is 15.0. The second kappa shape index (κ2) is 10.9. The van der Waals surface area contributed by atoms with Gasteiger partial charge >= 0.3 is 53.0 Å². The Bertz CT molecular complexity index is 543. The van der Waals surface area contributed by atoms with Crippen molar-refractivity contribution in [2.75, 3.05) is 0 Å². The summed E-state index contributed by atoms with van der Waals surface area (Å²) in [5.74, 6) is 0. The molecule has 0 nitrogen and oxygen atoms in total. The minimum Gasteiger partial charge on any atom is -0.210 e. The number of hydrogen-bond donors (Lipinski definition) is 0. The molecule has 2 aliphatic rings. The van der Waals surface area contributed by atoms with Gasteiger partial charge in [-0.25, -0.2) is 12.1 Å². The Kier molecular flexibility index (Phi) is 9.24. The first-order valence-electron chi connectivity index (χ1n) is 9.03. The second-order valence-corrected chi connectivity index (χ2v) is 16.2. The fourth-order valence-electron chi connectivity index (χ4n) is 3.23. The first-order chi connectivity index (χ1) is 11.6. The molecule has 0 fully saturated rings. The summed E-state index contributed by atoms with van der Waals surface area (Å²) in [6, 6.07) is 13.4. The molecular weight excluding hydrogens is 414 g/mol. The van der Waals surface area contributed by atoms with Gasteiger partial charge in [-0.1, -0.05) is 51.4 Å². The maximum absolute atomic E-state index is 5.54. The minimum atomic E-state index is -1.84. The van der Waals surface area contributed by atoms with Crippen molar-refractivity contribution in [1.82, 2.24) is 0 Å². The quantitative estimate of drug-likeness (QED) is 0.399. The molecule has 132 valence electrons. The average molecular weight is 443 g/mol. The van der Waals surface area contributed by atoms with Gasteiger partial charge < -0.3 is 0 Å². The fourth-order valence-corrected chi connectivity index (χ4v) is 3.23. The molecule has 0 aromatic heterocycles. The van der Waals surface area contributed by atoms with E-state index in [9.17, 15) is 0 Å². The number of hydrogen-bond acceptors (Lipinski definition) is 0. The van der Waals surface area contributed by atoms with E-state index in [1.807, 2.05) is 13.8 Å². The molecule has 0 N–H and O–H groups in total. The van der Waals surface area contributed by atoms with Gasteiger partial charge in [-0.2, -0.15) is 46.5 Å². The molecule has 2 aliphatic carbocycles. The Balaban J connectivity index is 0.000000134. The van der Waals surface area contributed by atoms with Crippen LogP contribution in [0.3, 0.4) is 0 Å². The Morgan fingerprint density at radius 2 is 1.17 bits per heavy atom. The summed E-state index contributed by atoms with van der Waals surface area (Å²) in [6.07, 6.45) is 10.9. The summed E-state index contributed by atoms with van der Waals surface area (Å²) in [7, 11) is 11.1. The van der Waals surface area contributed by atoms with Gasteiger partial charge in [0, 0.05) is 0 Å². The smallest absolute Gasteiger partial charge is 0.0512 e. The van der Waals surface area contributed by atoms with E-state index in [1.165, 1.54) is 54.6 Å². The van der Waals surface area contributed by atoms with Crippen LogP contribution in [0.25, 0.3) is 0 Å². The van der Waals surface area contributed by atoms with E-state index in [0.717, 1.165) is 0 Å². The molecule has 0 heterocycles. The summed E-state index contributed by atoms with van der Waals surface area (Å²) in [6.45, 7) is 3.96. The van der Waals surface area contributed by atoms with E-state index >= 15 is 0 Å². The summed E-state index contributed by atoms with van der Waals surface area (Å²) in [4.78, 5) is 0. The molecule has 2 aromatic carbocycles. The van der Waals surface area contributed by atoms with Crippen LogP contribution >= 0.6 is 17.0 Å². The summed E-state index contributed by atoms with van der Waals surface area (Å²) < 4.78 is 1.24. The van der Waals surface area contributed by atoms with Crippen molar-refractivity contribution >= 4 is 20.2 Å². The van der Waals surface area contributed by atoms with Crippen LogP contribution in [0.15, 0.2) is 36.4 Å². The van der Waals surface area contributed by atoms with Crippen molar-refractivity contribution in [3.05, 3.63) is 58.7 Å². The SMILES string of the molecule is C[C](C)=[Zr]([Cl])[Cl].c1cc2c([cH-]1)CCCC2.c1cc2c([cH-]1)CCCC2. The predicted octanol–water partition coefficient (Wildman–Crippen LogP) is 6.69. The van der Waals surface area contributed by atoms with Crippen molar-refractivity contribution in [3.63, 3.8) is 0 Å². The third-order valence-electron chi connectivity index (χ3n) is 4.68. The van der Waals surface area contributed by atoms with Gasteiger partial charge in [0.1, 0.15) is 0 Å². The van der Waals surface area contributed by atoms with Gasteiger partial charge in [0.2, 0.25) is 0 Å². The molecule has 0 saturated carbocycles. The topological polar surface area (TPSA) is 0 Å². The van der Waals surface area contributed by atoms with Gasteiger partial charge in [-0.3, -0.25) is 0 Å². The van der Waals surface area contributed by atoms with Gasteiger partial charge in [-0.15, -0.1) is 0 Å². The van der Waals surface area contributed by atoms with E-state index in [0.29, 0.717) is 0 Å². The standard InChI is InChI=1S/2C9H11.C3H6.2ClH.Zr/c2*1-2-5-9-7-3-6-8(9)4-1;1-3-2;;;/h2*3,6-7H,1-2,4-5H2;1-2H3;2*1H;/q2*-1;;;;+2/p-2. The Hall–Kier alpha value is 0.0331. The zero-order chi connectivity index (χ0) is 17.4. The predicted molar refractivity (Wildman–Crippen MR) is 105 cm³/mol. The molecule has 0 amide bonds. The van der Waals surface area contributed by atoms with E-state index < -0.39 is 18.9 Å².